The molecule has 11 heavy (non-hydrogen) atoms. The molecule has 0 aromatic rings. The highest BCUT2D eigenvalue weighted by Crippen LogP contribution is 2.07. The van der Waals surface area contributed by atoms with Gasteiger partial charge in [0.05, 0.1) is 0 Å². The smallest absolute Gasteiger partial charge is 0.0156 e. The summed E-state index contributed by atoms with van der Waals surface area (Å²) in [6.07, 6.45) is 6.67. The minimum absolute atomic E-state index is 0.239. The van der Waals surface area contributed by atoms with Crippen molar-refractivity contribution in [2.45, 2.75) is 32.2 Å². The molecule has 0 amide bonds. The Balaban J connectivity index is 3.51. The van der Waals surface area contributed by atoms with Crippen LogP contribution in [0.25, 0.3) is 0 Å². The summed E-state index contributed by atoms with van der Waals surface area (Å²) in [5.41, 5.74) is 0.239. The van der Waals surface area contributed by atoms with E-state index in [1.165, 1.54) is 0 Å². The van der Waals surface area contributed by atoms with Crippen LogP contribution in [0.15, 0.2) is 12.2 Å². The Morgan fingerprint density at radius 1 is 1.36 bits per heavy atom. The molecule has 0 unspecified atom stereocenters. The summed E-state index contributed by atoms with van der Waals surface area (Å²) < 4.78 is 0. The highest BCUT2D eigenvalue weighted by atomic mass is 79.9. The molecule has 2 heteroatoms. The predicted octanol–water partition coefficient (Wildman–Crippen LogP) is 2.72. The van der Waals surface area contributed by atoms with E-state index in [0.717, 1.165) is 18.2 Å². The van der Waals surface area contributed by atoms with Crippen molar-refractivity contribution >= 4 is 15.9 Å². The number of hydrogen-bond acceptors (Lipinski definition) is 1. The van der Waals surface area contributed by atoms with Crippen LogP contribution in [0.3, 0.4) is 0 Å². The van der Waals surface area contributed by atoms with E-state index in [-0.39, 0.29) is 5.54 Å². The summed E-state index contributed by atoms with van der Waals surface area (Å²) in [4.78, 5) is 0. The number of hydrogen-bond donors (Lipinski definition) is 1. The van der Waals surface area contributed by atoms with E-state index < -0.39 is 0 Å². The Labute approximate surface area is 78.4 Å². The summed E-state index contributed by atoms with van der Waals surface area (Å²) in [5, 5.41) is 4.31. The summed E-state index contributed by atoms with van der Waals surface area (Å²) >= 11 is 3.38. The van der Waals surface area contributed by atoms with Crippen molar-refractivity contribution in [1.82, 2.24) is 5.32 Å². The molecule has 0 bridgehead atoms. The summed E-state index contributed by atoms with van der Waals surface area (Å²) in [6, 6.07) is 0. The lowest BCUT2D eigenvalue weighted by molar-refractivity contribution is 0.429. The number of rotatable bonds is 5. The standard InChI is InChI=1S/C9H18BrN/c1-9(2,11-3)7-5-4-6-8-10/h4-5,11H,6-8H2,1-3H3/b5-4-. The third-order valence-electron chi connectivity index (χ3n) is 1.75. The van der Waals surface area contributed by atoms with Crippen LogP contribution in [0.2, 0.25) is 0 Å². The molecule has 1 N–H and O–H groups in total. The van der Waals surface area contributed by atoms with E-state index in [9.17, 15) is 0 Å². The minimum atomic E-state index is 0.239. The molecule has 66 valence electrons. The Morgan fingerprint density at radius 3 is 2.45 bits per heavy atom. The molecule has 0 saturated carbocycles. The summed E-state index contributed by atoms with van der Waals surface area (Å²) in [6.45, 7) is 4.40. The number of nitrogens with one attached hydrogen (secondary N) is 1. The van der Waals surface area contributed by atoms with Gasteiger partial charge in [-0.25, -0.2) is 0 Å². The molecular weight excluding hydrogens is 202 g/mol. The lowest BCUT2D eigenvalue weighted by atomic mass is 10.0. The SMILES string of the molecule is CNC(C)(C)C/C=C\CCBr. The van der Waals surface area contributed by atoms with Gasteiger partial charge in [0.1, 0.15) is 0 Å². The zero-order valence-corrected chi connectivity index (χ0v) is 9.24. The maximum atomic E-state index is 3.38. The van der Waals surface area contributed by atoms with Gasteiger partial charge >= 0.3 is 0 Å². The van der Waals surface area contributed by atoms with Crippen molar-refractivity contribution < 1.29 is 0 Å². The third kappa shape index (κ3) is 6.57. The van der Waals surface area contributed by atoms with Crippen LogP contribution >= 0.6 is 15.9 Å². The fraction of sp³-hybridized carbons (Fsp3) is 0.778. The van der Waals surface area contributed by atoms with E-state index in [2.05, 4.69) is 47.2 Å². The van der Waals surface area contributed by atoms with Crippen LogP contribution in [-0.4, -0.2) is 17.9 Å². The second-order valence-corrected chi connectivity index (χ2v) is 4.08. The molecule has 0 aromatic carbocycles. The summed E-state index contributed by atoms with van der Waals surface area (Å²) in [7, 11) is 2.00. The average molecular weight is 220 g/mol. The normalized spacial score (nSPS) is 12.7. The molecule has 0 aliphatic carbocycles. The average Bonchev–Trinajstić information content (AvgIpc) is 1.99. The van der Waals surface area contributed by atoms with Gasteiger partial charge in [-0.1, -0.05) is 28.1 Å². The molecule has 0 atom stereocenters. The van der Waals surface area contributed by atoms with Crippen LogP contribution in [0.5, 0.6) is 0 Å². The van der Waals surface area contributed by atoms with Gasteiger partial charge in [0, 0.05) is 10.9 Å². The molecule has 0 aliphatic rings. The zero-order chi connectivity index (χ0) is 8.74. The highest BCUT2D eigenvalue weighted by molar-refractivity contribution is 9.09. The van der Waals surface area contributed by atoms with Crippen molar-refractivity contribution in [3.05, 3.63) is 12.2 Å². The third-order valence-corrected chi connectivity index (χ3v) is 2.21. The van der Waals surface area contributed by atoms with Crippen molar-refractivity contribution in [2.75, 3.05) is 12.4 Å². The Hall–Kier alpha value is 0.180. The number of alkyl halides is 1. The first-order chi connectivity index (χ1) is 5.12. The fourth-order valence-corrected chi connectivity index (χ4v) is 0.925. The maximum absolute atomic E-state index is 3.38. The zero-order valence-electron chi connectivity index (χ0n) is 7.65. The monoisotopic (exact) mass is 219 g/mol. The largest absolute Gasteiger partial charge is 0.315 e. The molecule has 0 fully saturated rings. The molecular formula is C9H18BrN. The molecule has 0 aromatic heterocycles. The van der Waals surface area contributed by atoms with Crippen LogP contribution in [0, 0.1) is 0 Å². The van der Waals surface area contributed by atoms with Gasteiger partial charge in [0.15, 0.2) is 0 Å². The Morgan fingerprint density at radius 2 is 2.00 bits per heavy atom. The second kappa shape index (κ2) is 5.78. The first kappa shape index (κ1) is 11.2. The van der Waals surface area contributed by atoms with E-state index in [1.807, 2.05) is 7.05 Å². The molecule has 0 radical (unpaired) electrons. The van der Waals surface area contributed by atoms with E-state index in [0.29, 0.717) is 0 Å². The van der Waals surface area contributed by atoms with Crippen molar-refractivity contribution in [3.8, 4) is 0 Å². The summed E-state index contributed by atoms with van der Waals surface area (Å²) in [5.74, 6) is 0. The quantitative estimate of drug-likeness (QED) is 0.554. The highest BCUT2D eigenvalue weighted by Gasteiger charge is 2.10. The van der Waals surface area contributed by atoms with Gasteiger partial charge in [-0.2, -0.15) is 0 Å². The number of allylic oxidation sites excluding steroid dienone is 1. The van der Waals surface area contributed by atoms with Crippen molar-refractivity contribution in [1.29, 1.82) is 0 Å². The van der Waals surface area contributed by atoms with E-state index in [4.69, 9.17) is 0 Å². The van der Waals surface area contributed by atoms with Gasteiger partial charge < -0.3 is 5.32 Å². The van der Waals surface area contributed by atoms with Gasteiger partial charge in [-0.15, -0.1) is 0 Å². The first-order valence-electron chi connectivity index (χ1n) is 4.02. The second-order valence-electron chi connectivity index (χ2n) is 3.29. The van der Waals surface area contributed by atoms with Gasteiger partial charge in [-0.3, -0.25) is 0 Å². The maximum Gasteiger partial charge on any atom is 0.0156 e. The van der Waals surface area contributed by atoms with Gasteiger partial charge in [0.2, 0.25) is 0 Å². The Bertz CT molecular complexity index is 119. The van der Waals surface area contributed by atoms with E-state index in [1.54, 1.807) is 0 Å². The van der Waals surface area contributed by atoms with Crippen molar-refractivity contribution in [3.63, 3.8) is 0 Å². The molecule has 0 rings (SSSR count). The van der Waals surface area contributed by atoms with E-state index >= 15 is 0 Å². The minimum Gasteiger partial charge on any atom is -0.315 e. The van der Waals surface area contributed by atoms with Crippen molar-refractivity contribution in [2.24, 2.45) is 0 Å². The molecule has 1 nitrogen and oxygen atoms in total. The topological polar surface area (TPSA) is 12.0 Å². The van der Waals surface area contributed by atoms with Crippen LogP contribution in [0.1, 0.15) is 26.7 Å². The predicted molar refractivity (Wildman–Crippen MR) is 55.3 cm³/mol. The molecule has 0 aliphatic heterocycles. The lowest BCUT2D eigenvalue weighted by Crippen LogP contribution is -2.35. The lowest BCUT2D eigenvalue weighted by Gasteiger charge is -2.21. The van der Waals surface area contributed by atoms with Crippen LogP contribution < -0.4 is 5.32 Å². The molecule has 0 spiro atoms. The van der Waals surface area contributed by atoms with Gasteiger partial charge in [0.25, 0.3) is 0 Å². The molecule has 0 heterocycles. The fourth-order valence-electron chi connectivity index (χ4n) is 0.661. The first-order valence-corrected chi connectivity index (χ1v) is 5.14. The van der Waals surface area contributed by atoms with Crippen LogP contribution in [-0.2, 0) is 0 Å². The Kier molecular flexibility index (Phi) is 5.88. The number of halogens is 1. The van der Waals surface area contributed by atoms with Crippen LogP contribution in [0.4, 0.5) is 0 Å². The molecule has 0 saturated heterocycles. The van der Waals surface area contributed by atoms with Gasteiger partial charge in [-0.05, 0) is 33.7 Å².